The first-order chi connectivity index (χ1) is 14.0. The smallest absolute Gasteiger partial charge is 0.319 e. The van der Waals surface area contributed by atoms with Crippen molar-refractivity contribution in [3.63, 3.8) is 0 Å². The molecule has 29 heavy (non-hydrogen) atoms. The van der Waals surface area contributed by atoms with E-state index in [0.717, 1.165) is 12.0 Å². The quantitative estimate of drug-likeness (QED) is 0.696. The predicted molar refractivity (Wildman–Crippen MR) is 109 cm³/mol. The fourth-order valence-electron chi connectivity index (χ4n) is 2.93. The highest BCUT2D eigenvalue weighted by atomic mass is 35.5. The maximum absolute atomic E-state index is 12.6. The number of esters is 1. The van der Waals surface area contributed by atoms with E-state index in [1.54, 1.807) is 17.0 Å². The Kier molecular flexibility index (Phi) is 7.32. The van der Waals surface area contributed by atoms with Crippen molar-refractivity contribution in [2.75, 3.05) is 38.7 Å². The Morgan fingerprint density at radius 1 is 1.10 bits per heavy atom. The molecule has 154 valence electrons. The van der Waals surface area contributed by atoms with Gasteiger partial charge in [-0.3, -0.25) is 14.5 Å². The summed E-state index contributed by atoms with van der Waals surface area (Å²) in [5.74, 6) is 0.378. The lowest BCUT2D eigenvalue weighted by Gasteiger charge is -2.21. The van der Waals surface area contributed by atoms with Crippen molar-refractivity contribution in [3.8, 4) is 11.5 Å². The summed E-state index contributed by atoms with van der Waals surface area (Å²) in [6.07, 6.45) is 0.774. The molecule has 0 fully saturated rings. The van der Waals surface area contributed by atoms with Gasteiger partial charge < -0.3 is 19.5 Å². The molecule has 3 rings (SSSR count). The van der Waals surface area contributed by atoms with Crippen molar-refractivity contribution in [2.45, 2.75) is 13.0 Å². The fourth-order valence-corrected chi connectivity index (χ4v) is 3.13. The van der Waals surface area contributed by atoms with Crippen LogP contribution in [0.3, 0.4) is 0 Å². The van der Waals surface area contributed by atoms with Gasteiger partial charge in [0.05, 0.1) is 44.1 Å². The maximum atomic E-state index is 12.6. The number of fused-ring (bicyclic) bond motifs is 1. The lowest BCUT2D eigenvalue weighted by atomic mass is 10.2. The number of benzene rings is 2. The van der Waals surface area contributed by atoms with Gasteiger partial charge in [-0.05, 0) is 5.56 Å². The molecule has 0 unspecified atom stereocenters. The highest BCUT2D eigenvalue weighted by Gasteiger charge is 2.19. The predicted octanol–water partition coefficient (Wildman–Crippen LogP) is 3.12. The third-order valence-electron chi connectivity index (χ3n) is 4.31. The van der Waals surface area contributed by atoms with E-state index in [1.807, 2.05) is 30.3 Å². The van der Waals surface area contributed by atoms with Gasteiger partial charge in [0.1, 0.15) is 0 Å². The lowest BCUT2D eigenvalue weighted by Crippen LogP contribution is -2.37. The molecule has 0 saturated carbocycles. The Hall–Kier alpha value is -2.77. The third-order valence-corrected chi connectivity index (χ3v) is 4.62. The molecule has 0 saturated heterocycles. The van der Waals surface area contributed by atoms with Gasteiger partial charge in [-0.2, -0.15) is 0 Å². The molecular weight excluding hydrogens is 396 g/mol. The first-order valence-corrected chi connectivity index (χ1v) is 9.65. The van der Waals surface area contributed by atoms with Crippen LogP contribution in [0.15, 0.2) is 42.5 Å². The second kappa shape index (κ2) is 10.1. The zero-order valence-corrected chi connectivity index (χ0v) is 16.9. The zero-order chi connectivity index (χ0) is 20.6. The van der Waals surface area contributed by atoms with E-state index in [1.165, 1.54) is 7.11 Å². The molecule has 1 N–H and O–H groups in total. The van der Waals surface area contributed by atoms with Gasteiger partial charge in [0, 0.05) is 25.1 Å². The molecule has 7 nitrogen and oxygen atoms in total. The number of ether oxygens (including phenoxy) is 3. The Balaban J connectivity index is 1.69. The first kappa shape index (κ1) is 21.0. The number of hydrogen-bond acceptors (Lipinski definition) is 6. The van der Waals surface area contributed by atoms with Crippen molar-refractivity contribution in [2.24, 2.45) is 0 Å². The molecule has 1 amide bonds. The van der Waals surface area contributed by atoms with Crippen molar-refractivity contribution >= 4 is 29.2 Å². The molecule has 1 heterocycles. The summed E-state index contributed by atoms with van der Waals surface area (Å²) < 4.78 is 16.0. The summed E-state index contributed by atoms with van der Waals surface area (Å²) in [5, 5.41) is 3.14. The molecule has 1 aliphatic heterocycles. The molecular formula is C21H23ClN2O5. The summed E-state index contributed by atoms with van der Waals surface area (Å²) >= 11 is 6.29. The van der Waals surface area contributed by atoms with Gasteiger partial charge in [-0.1, -0.05) is 41.9 Å². The van der Waals surface area contributed by atoms with Crippen LogP contribution >= 0.6 is 11.6 Å². The van der Waals surface area contributed by atoms with Gasteiger partial charge in [-0.15, -0.1) is 0 Å². The second-order valence-electron chi connectivity index (χ2n) is 6.58. The van der Waals surface area contributed by atoms with Crippen LogP contribution in [0.5, 0.6) is 11.5 Å². The lowest BCUT2D eigenvalue weighted by molar-refractivity contribution is -0.142. The van der Waals surface area contributed by atoms with Crippen LogP contribution in [0, 0.1) is 0 Å². The number of nitrogens with zero attached hydrogens (tertiary/aromatic N) is 1. The van der Waals surface area contributed by atoms with Crippen molar-refractivity contribution in [1.82, 2.24) is 4.90 Å². The van der Waals surface area contributed by atoms with Crippen LogP contribution in [-0.2, 0) is 20.9 Å². The van der Waals surface area contributed by atoms with Gasteiger partial charge in [0.15, 0.2) is 11.5 Å². The Morgan fingerprint density at radius 2 is 1.79 bits per heavy atom. The molecule has 0 aromatic heterocycles. The van der Waals surface area contributed by atoms with Crippen LogP contribution in [-0.4, -0.2) is 50.2 Å². The van der Waals surface area contributed by atoms with E-state index in [2.05, 4.69) is 5.32 Å². The van der Waals surface area contributed by atoms with Crippen LogP contribution in [0.1, 0.15) is 12.0 Å². The number of anilines is 1. The number of methoxy groups -OCH3 is 1. The Bertz CT molecular complexity index is 860. The first-order valence-electron chi connectivity index (χ1n) is 9.27. The largest absolute Gasteiger partial charge is 0.490 e. The zero-order valence-electron chi connectivity index (χ0n) is 16.2. The van der Waals surface area contributed by atoms with E-state index in [-0.39, 0.29) is 19.0 Å². The van der Waals surface area contributed by atoms with Gasteiger partial charge >= 0.3 is 5.97 Å². The number of carbonyl (C=O) groups excluding carboxylic acids is 2. The minimum absolute atomic E-state index is 0.00519. The summed E-state index contributed by atoms with van der Waals surface area (Å²) in [7, 11) is 1.32. The monoisotopic (exact) mass is 418 g/mol. The summed E-state index contributed by atoms with van der Waals surface area (Å²) in [6, 6.07) is 12.9. The SMILES string of the molecule is COC(=O)CN(CC(=O)Nc1cc2c(cc1Cl)OCCCO2)Cc1ccccc1. The molecule has 2 aromatic carbocycles. The third kappa shape index (κ3) is 6.10. The maximum Gasteiger partial charge on any atom is 0.319 e. The molecule has 0 spiro atoms. The number of amides is 1. The molecule has 0 bridgehead atoms. The number of halogens is 1. The molecule has 0 aliphatic carbocycles. The van der Waals surface area contributed by atoms with Crippen LogP contribution in [0.25, 0.3) is 0 Å². The van der Waals surface area contributed by atoms with Gasteiger partial charge in [-0.25, -0.2) is 0 Å². The van der Waals surface area contributed by atoms with E-state index in [9.17, 15) is 9.59 Å². The number of rotatable bonds is 7. The van der Waals surface area contributed by atoms with Crippen molar-refractivity contribution in [3.05, 3.63) is 53.1 Å². The topological polar surface area (TPSA) is 77.1 Å². The highest BCUT2D eigenvalue weighted by molar-refractivity contribution is 6.34. The summed E-state index contributed by atoms with van der Waals surface area (Å²) in [6.45, 7) is 1.50. The van der Waals surface area contributed by atoms with Crippen LogP contribution < -0.4 is 14.8 Å². The summed E-state index contributed by atoms with van der Waals surface area (Å²) in [5.41, 5.74) is 1.41. The van der Waals surface area contributed by atoms with E-state index in [0.29, 0.717) is 42.0 Å². The van der Waals surface area contributed by atoms with E-state index < -0.39 is 5.97 Å². The van der Waals surface area contributed by atoms with E-state index in [4.69, 9.17) is 25.8 Å². The Morgan fingerprint density at radius 3 is 2.48 bits per heavy atom. The molecule has 2 aromatic rings. The number of carbonyl (C=O) groups is 2. The molecule has 8 heteroatoms. The minimum atomic E-state index is -0.414. The van der Waals surface area contributed by atoms with E-state index >= 15 is 0 Å². The van der Waals surface area contributed by atoms with Gasteiger partial charge in [0.25, 0.3) is 0 Å². The second-order valence-corrected chi connectivity index (χ2v) is 6.99. The van der Waals surface area contributed by atoms with Crippen molar-refractivity contribution in [1.29, 1.82) is 0 Å². The molecule has 0 atom stereocenters. The number of nitrogens with one attached hydrogen (secondary N) is 1. The summed E-state index contributed by atoms with van der Waals surface area (Å²) in [4.78, 5) is 26.1. The fraction of sp³-hybridized carbons (Fsp3) is 0.333. The number of hydrogen-bond donors (Lipinski definition) is 1. The normalized spacial score (nSPS) is 12.9. The Labute approximate surface area is 174 Å². The highest BCUT2D eigenvalue weighted by Crippen LogP contribution is 2.37. The van der Waals surface area contributed by atoms with Crippen LogP contribution in [0.2, 0.25) is 5.02 Å². The minimum Gasteiger partial charge on any atom is -0.490 e. The van der Waals surface area contributed by atoms with Gasteiger partial charge in [0.2, 0.25) is 5.91 Å². The standard InChI is InChI=1S/C21H23ClN2O5/c1-27-21(26)14-24(12-15-6-3-2-4-7-15)13-20(25)23-17-11-19-18(10-16(17)22)28-8-5-9-29-19/h2-4,6-7,10-11H,5,8-9,12-14H2,1H3,(H,23,25). The molecule has 1 aliphatic rings. The average molecular weight is 419 g/mol. The molecule has 0 radical (unpaired) electrons. The van der Waals surface area contributed by atoms with Crippen molar-refractivity contribution < 1.29 is 23.8 Å². The van der Waals surface area contributed by atoms with Crippen LogP contribution in [0.4, 0.5) is 5.69 Å². The average Bonchev–Trinajstić information content (AvgIpc) is 2.93.